The van der Waals surface area contributed by atoms with Gasteiger partial charge in [-0.15, -0.1) is 11.3 Å². The summed E-state index contributed by atoms with van der Waals surface area (Å²) >= 11 is 0.870. The van der Waals surface area contributed by atoms with Crippen molar-refractivity contribution in [3.8, 4) is 11.3 Å². The van der Waals surface area contributed by atoms with Crippen LogP contribution in [0.1, 0.15) is 15.2 Å². The van der Waals surface area contributed by atoms with Crippen LogP contribution in [0.2, 0.25) is 0 Å². The van der Waals surface area contributed by atoms with Crippen molar-refractivity contribution in [2.24, 2.45) is 0 Å². The van der Waals surface area contributed by atoms with Crippen LogP contribution < -0.4 is 5.32 Å². The third kappa shape index (κ3) is 3.32. The van der Waals surface area contributed by atoms with E-state index in [0.29, 0.717) is 3.97 Å². The Labute approximate surface area is 163 Å². The highest BCUT2D eigenvalue weighted by Gasteiger charge is 2.32. The Morgan fingerprint density at radius 2 is 2.11 bits per heavy atom. The third-order valence-corrected chi connectivity index (χ3v) is 6.63. The van der Waals surface area contributed by atoms with E-state index in [1.54, 1.807) is 7.05 Å². The Kier molecular flexibility index (Phi) is 5.59. The van der Waals surface area contributed by atoms with Gasteiger partial charge in [0.05, 0.1) is 12.7 Å². The number of carbonyl (C=O) groups is 1. The lowest BCUT2D eigenvalue weighted by atomic mass is 10.2. The maximum atomic E-state index is 15.0. The van der Waals surface area contributed by atoms with E-state index in [1.165, 1.54) is 29.8 Å². The molecule has 0 fully saturated rings. The fraction of sp³-hybridized carbons (Fsp3) is 0.176. The van der Waals surface area contributed by atoms with E-state index >= 15 is 4.39 Å². The Bertz CT molecular complexity index is 1140. The molecule has 0 bridgehead atoms. The summed E-state index contributed by atoms with van der Waals surface area (Å²) in [5.41, 5.74) is -0.808. The fourth-order valence-corrected chi connectivity index (χ4v) is 5.37. The normalized spacial score (nSPS) is 11.6. The molecule has 0 aliphatic carbocycles. The summed E-state index contributed by atoms with van der Waals surface area (Å²) in [4.78, 5) is 14.9. The summed E-state index contributed by atoms with van der Waals surface area (Å²) in [5.74, 6) is -2.77. The number of hydrogen-bond donors (Lipinski definition) is 1. The van der Waals surface area contributed by atoms with Gasteiger partial charge in [0.1, 0.15) is 15.5 Å². The van der Waals surface area contributed by atoms with E-state index in [-0.39, 0.29) is 27.4 Å². The lowest BCUT2D eigenvalue weighted by Gasteiger charge is -2.11. The molecule has 0 radical (unpaired) electrons. The monoisotopic (exact) mass is 427 g/mol. The predicted octanol–water partition coefficient (Wildman–Crippen LogP) is 2.63. The molecule has 0 atom stereocenters. The first-order valence-electron chi connectivity index (χ1n) is 7.89. The number of methoxy groups -OCH3 is 1. The lowest BCUT2D eigenvalue weighted by Crippen LogP contribution is -2.16. The number of aromatic nitrogens is 2. The van der Waals surface area contributed by atoms with Crippen LogP contribution in [0.25, 0.3) is 11.3 Å². The van der Waals surface area contributed by atoms with Gasteiger partial charge in [0.15, 0.2) is 5.82 Å². The molecule has 0 unspecified atom stereocenters. The second-order valence-corrected chi connectivity index (χ2v) is 8.29. The zero-order valence-corrected chi connectivity index (χ0v) is 16.4. The summed E-state index contributed by atoms with van der Waals surface area (Å²) in [6, 6.07) is 3.81. The van der Waals surface area contributed by atoms with Crippen molar-refractivity contribution in [1.82, 2.24) is 14.3 Å². The summed E-state index contributed by atoms with van der Waals surface area (Å²) < 4.78 is 61.0. The second kappa shape index (κ2) is 7.78. The van der Waals surface area contributed by atoms with Gasteiger partial charge in [-0.2, -0.15) is 4.39 Å². The first-order chi connectivity index (χ1) is 13.3. The van der Waals surface area contributed by atoms with Gasteiger partial charge in [-0.25, -0.2) is 26.6 Å². The molecule has 148 valence electrons. The molecule has 3 heterocycles. The molecule has 0 aliphatic heterocycles. The van der Waals surface area contributed by atoms with Crippen LogP contribution >= 0.6 is 11.3 Å². The molecule has 0 saturated heterocycles. The van der Waals surface area contributed by atoms with Gasteiger partial charge in [0, 0.05) is 24.5 Å². The van der Waals surface area contributed by atoms with Crippen molar-refractivity contribution >= 4 is 27.3 Å². The zero-order chi connectivity index (χ0) is 20.5. The number of rotatable bonds is 6. The molecule has 1 N–H and O–H groups in total. The molecule has 7 nitrogen and oxygen atoms in total. The molecule has 3 rings (SSSR count). The Morgan fingerprint density at radius 1 is 1.36 bits per heavy atom. The molecule has 0 aliphatic rings. The van der Waals surface area contributed by atoms with E-state index in [9.17, 15) is 17.6 Å². The Morgan fingerprint density at radius 3 is 2.75 bits per heavy atom. The molecular weight excluding hydrogens is 412 g/mol. The average molecular weight is 427 g/mol. The van der Waals surface area contributed by atoms with Gasteiger partial charge in [-0.05, 0) is 30.6 Å². The van der Waals surface area contributed by atoms with Gasteiger partial charge in [0.2, 0.25) is 5.95 Å². The number of carbonyl (C=O) groups excluding carboxylic acids is 1. The number of esters is 1. The Balaban J connectivity index is 2.30. The van der Waals surface area contributed by atoms with Crippen molar-refractivity contribution in [2.75, 3.05) is 14.2 Å². The summed E-state index contributed by atoms with van der Waals surface area (Å²) in [6.45, 7) is 0.0106. The van der Waals surface area contributed by atoms with Crippen molar-refractivity contribution in [2.45, 2.75) is 11.4 Å². The minimum absolute atomic E-state index is 0.0106. The highest BCUT2D eigenvalue weighted by molar-refractivity contribution is 7.90. The van der Waals surface area contributed by atoms with Gasteiger partial charge in [-0.1, -0.05) is 0 Å². The summed E-state index contributed by atoms with van der Waals surface area (Å²) in [7, 11) is -1.75. The van der Waals surface area contributed by atoms with Crippen LogP contribution in [0.5, 0.6) is 0 Å². The smallest absolute Gasteiger partial charge is 0.349 e. The van der Waals surface area contributed by atoms with Crippen LogP contribution in [-0.2, 0) is 21.3 Å². The lowest BCUT2D eigenvalue weighted by molar-refractivity contribution is 0.0602. The molecule has 11 heteroatoms. The number of halogens is 2. The van der Waals surface area contributed by atoms with E-state index < -0.39 is 33.5 Å². The van der Waals surface area contributed by atoms with Crippen molar-refractivity contribution < 1.29 is 26.7 Å². The topological polar surface area (TPSA) is 90.3 Å². The van der Waals surface area contributed by atoms with E-state index in [1.807, 2.05) is 0 Å². The van der Waals surface area contributed by atoms with Gasteiger partial charge < -0.3 is 10.1 Å². The quantitative estimate of drug-likeness (QED) is 0.481. The number of ether oxygens (including phenoxy) is 1. The predicted molar refractivity (Wildman–Crippen MR) is 98.6 cm³/mol. The molecule has 0 spiro atoms. The van der Waals surface area contributed by atoms with Crippen molar-refractivity contribution in [3.63, 3.8) is 0 Å². The first-order valence-corrected chi connectivity index (χ1v) is 10.2. The zero-order valence-electron chi connectivity index (χ0n) is 14.8. The number of nitrogens with one attached hydrogen (secondary N) is 1. The number of nitrogens with zero attached hydrogens (tertiary/aromatic N) is 2. The molecule has 3 aromatic heterocycles. The standard InChI is InChI=1S/C17H15F2N3O4S2/c1-20-8-10-9-22(14(13(10)18)11-4-3-6-21-16(11)19)28(24,25)12-5-7-27-15(12)17(23)26-2/h3-7,9,20H,8H2,1-2H3. The van der Waals surface area contributed by atoms with E-state index in [0.717, 1.165) is 24.6 Å². The van der Waals surface area contributed by atoms with Gasteiger partial charge in [0.25, 0.3) is 10.0 Å². The van der Waals surface area contributed by atoms with Crippen LogP contribution in [0.15, 0.2) is 40.9 Å². The van der Waals surface area contributed by atoms with Crippen LogP contribution in [0.3, 0.4) is 0 Å². The van der Waals surface area contributed by atoms with Crippen LogP contribution in [-0.4, -0.2) is 37.5 Å². The van der Waals surface area contributed by atoms with Gasteiger partial charge >= 0.3 is 5.97 Å². The number of hydrogen-bond acceptors (Lipinski definition) is 7. The first kappa shape index (κ1) is 20.1. The molecule has 0 amide bonds. The van der Waals surface area contributed by atoms with Crippen molar-refractivity contribution in [1.29, 1.82) is 0 Å². The third-order valence-electron chi connectivity index (χ3n) is 3.90. The number of thiophene rings is 1. The van der Waals surface area contributed by atoms with Crippen LogP contribution in [0, 0.1) is 11.8 Å². The second-order valence-electron chi connectivity index (χ2n) is 5.60. The molecule has 3 aromatic rings. The maximum Gasteiger partial charge on any atom is 0.349 e. The maximum absolute atomic E-state index is 15.0. The van der Waals surface area contributed by atoms with Crippen LogP contribution in [0.4, 0.5) is 8.78 Å². The molecule has 0 aromatic carbocycles. The highest BCUT2D eigenvalue weighted by Crippen LogP contribution is 2.33. The summed E-state index contributed by atoms with van der Waals surface area (Å²) in [6.07, 6.45) is 2.23. The molecular formula is C17H15F2N3O4S2. The van der Waals surface area contributed by atoms with Gasteiger partial charge in [-0.3, -0.25) is 0 Å². The van der Waals surface area contributed by atoms with E-state index in [2.05, 4.69) is 15.0 Å². The van der Waals surface area contributed by atoms with E-state index in [4.69, 9.17) is 0 Å². The minimum atomic E-state index is -4.43. The fourth-order valence-electron chi connectivity index (χ4n) is 2.66. The summed E-state index contributed by atoms with van der Waals surface area (Å²) in [5, 5.41) is 4.13. The average Bonchev–Trinajstić information content (AvgIpc) is 3.29. The Hall–Kier alpha value is -2.63. The molecule has 0 saturated carbocycles. The highest BCUT2D eigenvalue weighted by atomic mass is 32.2. The van der Waals surface area contributed by atoms with Crippen molar-refractivity contribution in [3.05, 3.63) is 58.2 Å². The molecule has 28 heavy (non-hydrogen) atoms. The minimum Gasteiger partial charge on any atom is -0.465 e. The number of pyridine rings is 1. The SMILES string of the molecule is CNCc1cn(S(=O)(=O)c2ccsc2C(=O)OC)c(-c2cccnc2F)c1F. The largest absolute Gasteiger partial charge is 0.465 e.